The summed E-state index contributed by atoms with van der Waals surface area (Å²) in [6.45, 7) is 9.82. The molecule has 166 valence electrons. The van der Waals surface area contributed by atoms with E-state index in [-0.39, 0.29) is 35.3 Å². The normalized spacial score (nSPS) is 19.5. The average molecular weight is 461 g/mol. The fourth-order valence-corrected chi connectivity index (χ4v) is 6.06. The number of benzene rings is 2. The summed E-state index contributed by atoms with van der Waals surface area (Å²) in [4.78, 5) is 0.360. The first-order chi connectivity index (χ1) is 14.5. The van der Waals surface area contributed by atoms with E-state index >= 15 is 0 Å². The Morgan fingerprint density at radius 3 is 1.81 bits per heavy atom. The summed E-state index contributed by atoms with van der Waals surface area (Å²) in [7, 11) is -7.60. The van der Waals surface area contributed by atoms with E-state index in [0.29, 0.717) is 0 Å². The molecule has 0 N–H and O–H groups in total. The topological polar surface area (TPSA) is 74.8 Å². The molecule has 1 atom stereocenters. The maximum atomic E-state index is 13.3. The predicted molar refractivity (Wildman–Crippen MR) is 122 cm³/mol. The molecule has 1 heterocycles. The molecule has 3 rings (SSSR count). The molecule has 0 amide bonds. The van der Waals surface area contributed by atoms with Crippen LogP contribution in [-0.2, 0) is 20.0 Å². The van der Waals surface area contributed by atoms with Crippen molar-refractivity contribution in [3.63, 3.8) is 0 Å². The van der Waals surface area contributed by atoms with E-state index in [1.54, 1.807) is 54.6 Å². The van der Waals surface area contributed by atoms with E-state index in [0.717, 1.165) is 16.7 Å². The lowest BCUT2D eigenvalue weighted by atomic mass is 10.0. The van der Waals surface area contributed by atoms with Crippen molar-refractivity contribution < 1.29 is 16.8 Å². The second-order valence-corrected chi connectivity index (χ2v) is 11.7. The Morgan fingerprint density at radius 1 is 0.839 bits per heavy atom. The van der Waals surface area contributed by atoms with Crippen molar-refractivity contribution >= 4 is 20.0 Å². The number of hydrogen-bond donors (Lipinski definition) is 0. The van der Waals surface area contributed by atoms with Crippen molar-refractivity contribution in [3.8, 4) is 0 Å². The lowest BCUT2D eigenvalue weighted by molar-refractivity contribution is 0.350. The number of rotatable bonds is 5. The minimum absolute atomic E-state index is 0.0146. The molecule has 8 heteroatoms. The van der Waals surface area contributed by atoms with E-state index in [4.69, 9.17) is 0 Å². The highest BCUT2D eigenvalue weighted by Gasteiger charge is 2.31. The van der Waals surface area contributed by atoms with Crippen molar-refractivity contribution in [1.82, 2.24) is 8.61 Å². The number of aryl methyl sites for hydroxylation is 2. The van der Waals surface area contributed by atoms with Crippen molar-refractivity contribution in [1.29, 1.82) is 0 Å². The molecule has 1 aliphatic heterocycles. The Labute approximate surface area is 185 Å². The molecule has 0 saturated heterocycles. The Balaban J connectivity index is 1.97. The van der Waals surface area contributed by atoms with Gasteiger partial charge in [-0.3, -0.25) is 4.31 Å². The van der Waals surface area contributed by atoms with E-state index in [1.807, 2.05) is 20.8 Å². The zero-order valence-electron chi connectivity index (χ0n) is 18.0. The molecule has 0 saturated carbocycles. The average Bonchev–Trinajstić information content (AvgIpc) is 2.68. The van der Waals surface area contributed by atoms with Gasteiger partial charge in [0, 0.05) is 31.8 Å². The Kier molecular flexibility index (Phi) is 6.73. The quantitative estimate of drug-likeness (QED) is 0.638. The van der Waals surface area contributed by atoms with Crippen LogP contribution in [0.3, 0.4) is 0 Å². The monoisotopic (exact) mass is 460 g/mol. The first-order valence-electron chi connectivity index (χ1n) is 10.0. The summed E-state index contributed by atoms with van der Waals surface area (Å²) in [6, 6.07) is 13.3. The van der Waals surface area contributed by atoms with Gasteiger partial charge in [0.15, 0.2) is 0 Å². The lowest BCUT2D eigenvalue weighted by Crippen LogP contribution is -2.43. The van der Waals surface area contributed by atoms with Gasteiger partial charge in [-0.15, -0.1) is 0 Å². The summed E-state index contributed by atoms with van der Waals surface area (Å²) >= 11 is 0. The van der Waals surface area contributed by atoms with Crippen LogP contribution in [0.1, 0.15) is 18.1 Å². The van der Waals surface area contributed by atoms with Crippen LogP contribution in [0, 0.1) is 19.8 Å². The summed E-state index contributed by atoms with van der Waals surface area (Å²) in [5.74, 6) is -0.309. The van der Waals surface area contributed by atoms with Crippen LogP contribution in [0.5, 0.6) is 0 Å². The molecule has 0 fully saturated rings. The SMILES string of the molecule is C=C(C)C1/C=C\N(S(=O)(=O)c2ccc(C)cc2)CCN(S(=O)(=O)c2ccc(C)cc2)C1. The summed E-state index contributed by atoms with van der Waals surface area (Å²) < 4.78 is 55.5. The van der Waals surface area contributed by atoms with E-state index in [1.165, 1.54) is 14.8 Å². The lowest BCUT2D eigenvalue weighted by Gasteiger charge is -2.31. The Bertz CT molecular complexity index is 1180. The minimum Gasteiger partial charge on any atom is -0.272 e. The summed E-state index contributed by atoms with van der Waals surface area (Å²) in [5, 5.41) is 0. The van der Waals surface area contributed by atoms with Crippen molar-refractivity contribution in [2.24, 2.45) is 5.92 Å². The van der Waals surface area contributed by atoms with Gasteiger partial charge in [-0.25, -0.2) is 16.8 Å². The summed E-state index contributed by atoms with van der Waals surface area (Å²) in [6.07, 6.45) is 3.25. The molecule has 0 bridgehead atoms. The highest BCUT2D eigenvalue weighted by molar-refractivity contribution is 7.89. The number of sulfonamides is 2. The van der Waals surface area contributed by atoms with Gasteiger partial charge in [-0.2, -0.15) is 4.31 Å². The van der Waals surface area contributed by atoms with Crippen LogP contribution < -0.4 is 0 Å². The standard InChI is InChI=1S/C23H28N2O4S2/c1-18(2)21-13-14-24(30(26,27)22-9-5-19(3)6-10-22)15-16-25(17-21)31(28,29)23-11-7-20(4)8-12-23/h5-14,21H,1,15-17H2,2-4H3/b14-13-. The van der Waals surface area contributed by atoms with Gasteiger partial charge in [0.1, 0.15) is 0 Å². The fourth-order valence-electron chi connectivity index (χ4n) is 3.30. The Morgan fingerprint density at radius 2 is 1.32 bits per heavy atom. The largest absolute Gasteiger partial charge is 0.272 e. The van der Waals surface area contributed by atoms with Gasteiger partial charge in [0.05, 0.1) is 9.79 Å². The van der Waals surface area contributed by atoms with E-state index in [9.17, 15) is 16.8 Å². The second kappa shape index (κ2) is 8.98. The fraction of sp³-hybridized carbons (Fsp3) is 0.304. The van der Waals surface area contributed by atoms with Crippen LogP contribution in [-0.4, -0.2) is 45.1 Å². The molecule has 0 aromatic heterocycles. The maximum absolute atomic E-state index is 13.3. The van der Waals surface area contributed by atoms with Crippen molar-refractivity contribution in [3.05, 3.63) is 84.1 Å². The third-order valence-electron chi connectivity index (χ3n) is 5.37. The third-order valence-corrected chi connectivity index (χ3v) is 9.04. The predicted octanol–water partition coefficient (Wildman–Crippen LogP) is 3.70. The Hall–Kier alpha value is -2.42. The van der Waals surface area contributed by atoms with Crippen molar-refractivity contribution in [2.75, 3.05) is 19.6 Å². The third kappa shape index (κ3) is 5.08. The maximum Gasteiger partial charge on any atom is 0.263 e. The minimum atomic E-state index is -3.81. The van der Waals surface area contributed by atoms with Gasteiger partial charge >= 0.3 is 0 Å². The highest BCUT2D eigenvalue weighted by Crippen LogP contribution is 2.25. The first kappa shape index (κ1) is 23.2. The van der Waals surface area contributed by atoms with Crippen LogP contribution in [0.15, 0.2) is 82.7 Å². The molecular formula is C23H28N2O4S2. The second-order valence-electron chi connectivity index (χ2n) is 7.90. The number of nitrogens with zero attached hydrogens (tertiary/aromatic N) is 2. The molecule has 2 aromatic carbocycles. The smallest absolute Gasteiger partial charge is 0.263 e. The molecule has 0 spiro atoms. The van der Waals surface area contributed by atoms with E-state index < -0.39 is 20.0 Å². The van der Waals surface area contributed by atoms with Crippen LogP contribution >= 0.6 is 0 Å². The van der Waals surface area contributed by atoms with E-state index in [2.05, 4.69) is 6.58 Å². The van der Waals surface area contributed by atoms with Crippen molar-refractivity contribution in [2.45, 2.75) is 30.6 Å². The molecule has 6 nitrogen and oxygen atoms in total. The molecule has 0 radical (unpaired) electrons. The molecule has 1 aliphatic rings. The molecule has 31 heavy (non-hydrogen) atoms. The molecule has 0 aliphatic carbocycles. The highest BCUT2D eigenvalue weighted by atomic mass is 32.2. The van der Waals surface area contributed by atoms with Gasteiger partial charge in [0.2, 0.25) is 10.0 Å². The molecular weight excluding hydrogens is 432 g/mol. The first-order valence-corrected chi connectivity index (χ1v) is 12.9. The molecule has 1 unspecified atom stereocenters. The van der Waals surface area contributed by atoms with Gasteiger partial charge in [-0.1, -0.05) is 53.6 Å². The van der Waals surface area contributed by atoms with Crippen LogP contribution in [0.2, 0.25) is 0 Å². The summed E-state index contributed by atoms with van der Waals surface area (Å²) in [5.41, 5.74) is 2.68. The molecule has 2 aromatic rings. The van der Waals surface area contributed by atoms with Crippen LogP contribution in [0.25, 0.3) is 0 Å². The van der Waals surface area contributed by atoms with Gasteiger partial charge < -0.3 is 0 Å². The van der Waals surface area contributed by atoms with Crippen LogP contribution in [0.4, 0.5) is 0 Å². The van der Waals surface area contributed by atoms with Gasteiger partial charge in [0.25, 0.3) is 10.0 Å². The zero-order chi connectivity index (χ0) is 22.8. The number of hydrogen-bond acceptors (Lipinski definition) is 4. The van der Waals surface area contributed by atoms with Gasteiger partial charge in [-0.05, 0) is 45.0 Å². The zero-order valence-corrected chi connectivity index (χ0v) is 19.7.